The van der Waals surface area contributed by atoms with Gasteiger partial charge in [-0.15, -0.1) is 0 Å². The van der Waals surface area contributed by atoms with Crippen LogP contribution < -0.4 is 9.41 Å². The predicted molar refractivity (Wildman–Crippen MR) is 107 cm³/mol. The highest BCUT2D eigenvalue weighted by atomic mass is 35.5. The van der Waals surface area contributed by atoms with Gasteiger partial charge in [0.25, 0.3) is 5.91 Å². The molecule has 0 N–H and O–H groups in total. The maximum atomic E-state index is 13.3. The van der Waals surface area contributed by atoms with Crippen LogP contribution in [0.1, 0.15) is 48.8 Å². The van der Waals surface area contributed by atoms with Gasteiger partial charge in [0.1, 0.15) is 10.4 Å². The molecule has 0 fully saturated rings. The Morgan fingerprint density at radius 2 is 2.00 bits per heavy atom. The Labute approximate surface area is 176 Å². The summed E-state index contributed by atoms with van der Waals surface area (Å²) in [4.78, 5) is 17.0. The zero-order chi connectivity index (χ0) is 21.6. The molecule has 1 amide bonds. The molecule has 0 saturated heterocycles. The van der Waals surface area contributed by atoms with E-state index >= 15 is 0 Å². The standard InChI is InChI=1S/C20H22ClF3N2O2S/c1-19(2,3)26-15-7-5-11(20(22,23)24)9-13(15)18(29-26)25-17(27)14-10-12(21)6-8-16(14)28-4/h6,8,10-11H,5,7,9H2,1-4H3. The number of aromatic nitrogens is 1. The number of amides is 1. The molecule has 1 aromatic carbocycles. The first-order chi connectivity index (χ1) is 13.4. The Kier molecular flexibility index (Phi) is 5.89. The van der Waals surface area contributed by atoms with E-state index in [2.05, 4.69) is 4.99 Å². The van der Waals surface area contributed by atoms with Gasteiger partial charge in [0.15, 0.2) is 0 Å². The summed E-state index contributed by atoms with van der Waals surface area (Å²) in [5.74, 6) is -1.71. The second kappa shape index (κ2) is 7.80. The summed E-state index contributed by atoms with van der Waals surface area (Å²) < 4.78 is 47.5. The number of ether oxygens (including phenoxy) is 1. The van der Waals surface area contributed by atoms with Crippen molar-refractivity contribution < 1.29 is 22.7 Å². The molecular formula is C20H22ClF3N2O2S. The summed E-state index contributed by atoms with van der Waals surface area (Å²) in [6.45, 7) is 5.93. The van der Waals surface area contributed by atoms with Crippen molar-refractivity contribution in [3.8, 4) is 5.75 Å². The molecule has 1 heterocycles. The van der Waals surface area contributed by atoms with E-state index in [1.165, 1.54) is 24.7 Å². The van der Waals surface area contributed by atoms with Gasteiger partial charge in [0, 0.05) is 21.8 Å². The van der Waals surface area contributed by atoms with Crippen LogP contribution in [0.3, 0.4) is 0 Å². The number of alkyl halides is 3. The van der Waals surface area contributed by atoms with Crippen LogP contribution in [0.25, 0.3) is 0 Å². The van der Waals surface area contributed by atoms with E-state index in [4.69, 9.17) is 16.3 Å². The summed E-state index contributed by atoms with van der Waals surface area (Å²) in [5, 5.41) is 0.347. The SMILES string of the molecule is COc1ccc(Cl)cc1C(=O)N=c1sn(C(C)(C)C)c2c1CC(C(F)(F)F)CC2. The third kappa shape index (κ3) is 4.53. The van der Waals surface area contributed by atoms with Gasteiger partial charge in [-0.1, -0.05) is 11.6 Å². The summed E-state index contributed by atoms with van der Waals surface area (Å²) in [6.07, 6.45) is -4.10. The average Bonchev–Trinajstić information content (AvgIpc) is 2.99. The van der Waals surface area contributed by atoms with Crippen LogP contribution >= 0.6 is 23.1 Å². The molecule has 0 spiro atoms. The summed E-state index contributed by atoms with van der Waals surface area (Å²) in [6, 6.07) is 4.60. The number of carbonyl (C=O) groups excluding carboxylic acids is 1. The lowest BCUT2D eigenvalue weighted by Crippen LogP contribution is -2.32. The molecule has 0 radical (unpaired) electrons. The smallest absolute Gasteiger partial charge is 0.392 e. The van der Waals surface area contributed by atoms with Gasteiger partial charge in [0.2, 0.25) is 0 Å². The normalized spacial score (nSPS) is 17.9. The Hall–Kier alpha value is -1.80. The number of benzene rings is 1. The lowest BCUT2D eigenvalue weighted by Gasteiger charge is -2.28. The van der Waals surface area contributed by atoms with E-state index in [9.17, 15) is 18.0 Å². The second-order valence-corrected chi connectivity index (χ2v) is 9.40. The molecule has 0 saturated carbocycles. The van der Waals surface area contributed by atoms with E-state index in [-0.39, 0.29) is 23.9 Å². The molecule has 2 aromatic rings. The van der Waals surface area contributed by atoms with Crippen molar-refractivity contribution in [3.05, 3.63) is 44.7 Å². The number of halogens is 4. The largest absolute Gasteiger partial charge is 0.496 e. The van der Waals surface area contributed by atoms with Gasteiger partial charge < -0.3 is 4.74 Å². The van der Waals surface area contributed by atoms with Gasteiger partial charge in [-0.25, -0.2) is 0 Å². The lowest BCUT2D eigenvalue weighted by atomic mass is 9.86. The minimum atomic E-state index is -4.27. The first-order valence-corrected chi connectivity index (χ1v) is 10.3. The molecular weight excluding hydrogens is 425 g/mol. The van der Waals surface area contributed by atoms with Crippen LogP contribution in [-0.4, -0.2) is 23.1 Å². The van der Waals surface area contributed by atoms with Crippen molar-refractivity contribution in [3.63, 3.8) is 0 Å². The van der Waals surface area contributed by atoms with E-state index in [0.717, 1.165) is 5.69 Å². The maximum absolute atomic E-state index is 13.3. The molecule has 0 aliphatic heterocycles. The maximum Gasteiger partial charge on any atom is 0.392 e. The van der Waals surface area contributed by atoms with E-state index in [1.54, 1.807) is 12.1 Å². The molecule has 1 atom stereocenters. The highest BCUT2D eigenvalue weighted by Crippen LogP contribution is 2.38. The molecule has 1 aromatic heterocycles. The Morgan fingerprint density at radius 1 is 1.31 bits per heavy atom. The minimum absolute atomic E-state index is 0.0405. The third-order valence-corrected chi connectivity index (χ3v) is 6.57. The predicted octanol–water partition coefficient (Wildman–Crippen LogP) is 5.37. The highest BCUT2D eigenvalue weighted by molar-refractivity contribution is 7.04. The number of fused-ring (bicyclic) bond motifs is 1. The molecule has 1 aliphatic carbocycles. The van der Waals surface area contributed by atoms with Gasteiger partial charge in [0.05, 0.1) is 18.6 Å². The van der Waals surface area contributed by atoms with Crippen molar-refractivity contribution in [1.29, 1.82) is 0 Å². The van der Waals surface area contributed by atoms with Crippen LogP contribution in [0, 0.1) is 5.92 Å². The van der Waals surface area contributed by atoms with E-state index in [1.807, 2.05) is 24.7 Å². The van der Waals surface area contributed by atoms with Gasteiger partial charge in [-0.2, -0.15) is 18.2 Å². The Balaban J connectivity index is 2.14. The Bertz CT molecular complexity index is 1000. The fraction of sp³-hybridized carbons (Fsp3) is 0.500. The van der Waals surface area contributed by atoms with Crippen LogP contribution in [0.2, 0.25) is 5.02 Å². The topological polar surface area (TPSA) is 43.6 Å². The lowest BCUT2D eigenvalue weighted by molar-refractivity contribution is -0.177. The summed E-state index contributed by atoms with van der Waals surface area (Å²) >= 11 is 7.22. The molecule has 29 heavy (non-hydrogen) atoms. The van der Waals surface area contributed by atoms with Crippen LogP contribution in [0.5, 0.6) is 5.75 Å². The molecule has 158 valence electrons. The summed E-state index contributed by atoms with van der Waals surface area (Å²) in [7, 11) is 1.43. The molecule has 1 aliphatic rings. The van der Waals surface area contributed by atoms with Crippen molar-refractivity contribution in [2.24, 2.45) is 10.9 Å². The number of hydrogen-bond acceptors (Lipinski definition) is 3. The van der Waals surface area contributed by atoms with E-state index in [0.29, 0.717) is 27.4 Å². The number of rotatable bonds is 2. The second-order valence-electron chi connectivity index (χ2n) is 8.03. The van der Waals surface area contributed by atoms with Crippen LogP contribution in [0.15, 0.2) is 23.2 Å². The van der Waals surface area contributed by atoms with Crippen molar-refractivity contribution in [1.82, 2.24) is 3.96 Å². The fourth-order valence-electron chi connectivity index (χ4n) is 3.47. The fourth-order valence-corrected chi connectivity index (χ4v) is 4.83. The number of carbonyl (C=O) groups is 1. The van der Waals surface area contributed by atoms with Crippen molar-refractivity contribution in [2.45, 2.75) is 51.7 Å². The van der Waals surface area contributed by atoms with Gasteiger partial charge in [-0.05, 0) is 69.8 Å². The molecule has 0 bridgehead atoms. The first kappa shape index (κ1) is 21.9. The Morgan fingerprint density at radius 3 is 2.59 bits per heavy atom. The van der Waals surface area contributed by atoms with E-state index < -0.39 is 18.0 Å². The van der Waals surface area contributed by atoms with Gasteiger partial charge in [-0.3, -0.25) is 8.75 Å². The highest BCUT2D eigenvalue weighted by Gasteiger charge is 2.43. The van der Waals surface area contributed by atoms with Gasteiger partial charge >= 0.3 is 6.18 Å². The molecule has 1 unspecified atom stereocenters. The molecule has 3 rings (SSSR count). The van der Waals surface area contributed by atoms with Crippen LogP contribution in [-0.2, 0) is 18.4 Å². The monoisotopic (exact) mass is 446 g/mol. The quantitative estimate of drug-likeness (QED) is 0.622. The molecule has 9 heteroatoms. The van der Waals surface area contributed by atoms with Crippen molar-refractivity contribution in [2.75, 3.05) is 7.11 Å². The zero-order valence-corrected chi connectivity index (χ0v) is 18.1. The third-order valence-electron chi connectivity index (χ3n) is 4.88. The zero-order valence-electron chi connectivity index (χ0n) is 16.6. The summed E-state index contributed by atoms with van der Waals surface area (Å²) in [5.41, 5.74) is 1.18. The molecule has 4 nitrogen and oxygen atoms in total. The number of nitrogens with zero attached hydrogens (tertiary/aromatic N) is 2. The first-order valence-electron chi connectivity index (χ1n) is 9.15. The minimum Gasteiger partial charge on any atom is -0.496 e. The van der Waals surface area contributed by atoms with Crippen LogP contribution in [0.4, 0.5) is 13.2 Å². The number of methoxy groups -OCH3 is 1. The average molecular weight is 447 g/mol. The number of hydrogen-bond donors (Lipinski definition) is 0. The van der Waals surface area contributed by atoms with Crippen molar-refractivity contribution >= 4 is 29.0 Å².